The van der Waals surface area contributed by atoms with E-state index in [1.165, 1.54) is 0 Å². The van der Waals surface area contributed by atoms with Crippen LogP contribution in [0.5, 0.6) is 0 Å². The SMILES string of the molecule is CC1CC(C)(C)OB(/C=C/CBr)O1. The molecule has 2 nitrogen and oxygen atoms in total. The zero-order valence-corrected chi connectivity index (χ0v) is 10.0. The maximum absolute atomic E-state index is 5.72. The lowest BCUT2D eigenvalue weighted by Crippen LogP contribution is -2.45. The van der Waals surface area contributed by atoms with E-state index in [0.717, 1.165) is 11.8 Å². The lowest BCUT2D eigenvalue weighted by atomic mass is 9.83. The average Bonchev–Trinajstić information content (AvgIpc) is 1.97. The number of hydrogen-bond donors (Lipinski definition) is 0. The highest BCUT2D eigenvalue weighted by atomic mass is 79.9. The van der Waals surface area contributed by atoms with Gasteiger partial charge in [0.25, 0.3) is 0 Å². The molecular weight excluding hydrogens is 231 g/mol. The molecule has 0 aromatic heterocycles. The second-order valence-corrected chi connectivity index (χ2v) is 4.63. The fraction of sp³-hybridized carbons (Fsp3) is 0.778. The van der Waals surface area contributed by atoms with Crippen LogP contribution in [-0.4, -0.2) is 24.2 Å². The van der Waals surface area contributed by atoms with Crippen molar-refractivity contribution in [3.05, 3.63) is 12.1 Å². The second-order valence-electron chi connectivity index (χ2n) is 3.98. The summed E-state index contributed by atoms with van der Waals surface area (Å²) in [6.07, 6.45) is 3.22. The molecule has 1 fully saturated rings. The monoisotopic (exact) mass is 246 g/mol. The lowest BCUT2D eigenvalue weighted by molar-refractivity contribution is -0.0236. The predicted molar refractivity (Wildman–Crippen MR) is 59.0 cm³/mol. The van der Waals surface area contributed by atoms with Crippen LogP contribution in [-0.2, 0) is 9.31 Å². The Hall–Kier alpha value is 0.205. The highest BCUT2D eigenvalue weighted by Crippen LogP contribution is 2.25. The van der Waals surface area contributed by atoms with Crippen molar-refractivity contribution in [1.82, 2.24) is 0 Å². The molecule has 0 aromatic carbocycles. The summed E-state index contributed by atoms with van der Waals surface area (Å²) in [5.41, 5.74) is -0.0705. The zero-order chi connectivity index (χ0) is 9.90. The highest BCUT2D eigenvalue weighted by molar-refractivity contribution is 9.09. The summed E-state index contributed by atoms with van der Waals surface area (Å²) in [6.45, 7) is 6.28. The molecule has 1 heterocycles. The Balaban J connectivity index is 2.52. The molecular formula is C9H16BBrO2. The summed E-state index contributed by atoms with van der Waals surface area (Å²) < 4.78 is 11.3. The zero-order valence-electron chi connectivity index (χ0n) is 8.42. The van der Waals surface area contributed by atoms with Crippen LogP contribution < -0.4 is 0 Å². The summed E-state index contributed by atoms with van der Waals surface area (Å²) in [5, 5.41) is 0.838. The van der Waals surface area contributed by atoms with Gasteiger partial charge in [0.1, 0.15) is 0 Å². The van der Waals surface area contributed by atoms with Gasteiger partial charge >= 0.3 is 7.12 Å². The average molecular weight is 247 g/mol. The van der Waals surface area contributed by atoms with Crippen molar-refractivity contribution in [3.63, 3.8) is 0 Å². The summed E-state index contributed by atoms with van der Waals surface area (Å²) >= 11 is 3.32. The molecule has 0 radical (unpaired) electrons. The van der Waals surface area contributed by atoms with Gasteiger partial charge in [-0.25, -0.2) is 0 Å². The van der Waals surface area contributed by atoms with E-state index < -0.39 is 0 Å². The van der Waals surface area contributed by atoms with Gasteiger partial charge in [0.15, 0.2) is 0 Å². The van der Waals surface area contributed by atoms with E-state index in [4.69, 9.17) is 9.31 Å². The van der Waals surface area contributed by atoms with Crippen LogP contribution in [0.25, 0.3) is 0 Å². The third-order valence-corrected chi connectivity index (χ3v) is 2.34. The minimum absolute atomic E-state index is 0.0705. The van der Waals surface area contributed by atoms with Crippen LogP contribution in [0.15, 0.2) is 12.1 Å². The standard InChI is InChI=1S/C9H16BBrO2/c1-8-7-9(2,3)13-10(12-8)5-4-6-11/h4-5,8H,6-7H2,1-3H3/b5-4+. The molecule has 74 valence electrons. The number of rotatable bonds is 2. The maximum atomic E-state index is 5.72. The largest absolute Gasteiger partial charge is 0.486 e. The summed E-state index contributed by atoms with van der Waals surface area (Å²) in [6, 6.07) is 0. The van der Waals surface area contributed by atoms with Crippen molar-refractivity contribution in [1.29, 1.82) is 0 Å². The molecule has 1 aliphatic rings. The Kier molecular flexibility index (Phi) is 4.01. The van der Waals surface area contributed by atoms with Crippen molar-refractivity contribution >= 4 is 23.0 Å². The van der Waals surface area contributed by atoms with E-state index in [1.54, 1.807) is 0 Å². The van der Waals surface area contributed by atoms with Crippen LogP contribution in [0, 0.1) is 0 Å². The molecule has 0 amide bonds. The highest BCUT2D eigenvalue weighted by Gasteiger charge is 2.35. The third-order valence-electron chi connectivity index (χ3n) is 1.96. The Morgan fingerprint density at radius 3 is 2.85 bits per heavy atom. The van der Waals surface area contributed by atoms with Crippen molar-refractivity contribution < 1.29 is 9.31 Å². The quantitative estimate of drug-likeness (QED) is 0.551. The Morgan fingerprint density at radius 1 is 1.62 bits per heavy atom. The molecule has 0 N–H and O–H groups in total. The van der Waals surface area contributed by atoms with Gasteiger partial charge in [-0.3, -0.25) is 0 Å². The molecule has 0 saturated carbocycles. The van der Waals surface area contributed by atoms with Crippen LogP contribution >= 0.6 is 15.9 Å². The number of alkyl halides is 1. The first-order valence-corrected chi connectivity index (χ1v) is 5.71. The summed E-state index contributed by atoms with van der Waals surface area (Å²) in [4.78, 5) is 0. The molecule has 0 aromatic rings. The topological polar surface area (TPSA) is 18.5 Å². The van der Waals surface area contributed by atoms with Crippen molar-refractivity contribution in [3.8, 4) is 0 Å². The van der Waals surface area contributed by atoms with Crippen molar-refractivity contribution in [2.45, 2.75) is 38.9 Å². The molecule has 1 atom stereocenters. The van der Waals surface area contributed by atoms with Crippen molar-refractivity contribution in [2.75, 3.05) is 5.33 Å². The van der Waals surface area contributed by atoms with E-state index in [9.17, 15) is 0 Å². The molecule has 1 aliphatic heterocycles. The van der Waals surface area contributed by atoms with Gasteiger partial charge in [-0.1, -0.05) is 28.0 Å². The van der Waals surface area contributed by atoms with E-state index in [-0.39, 0.29) is 18.8 Å². The lowest BCUT2D eigenvalue weighted by Gasteiger charge is -2.37. The van der Waals surface area contributed by atoms with E-state index in [1.807, 2.05) is 12.1 Å². The summed E-state index contributed by atoms with van der Waals surface area (Å²) in [5.74, 6) is 1.95. The van der Waals surface area contributed by atoms with Gasteiger partial charge < -0.3 is 9.31 Å². The van der Waals surface area contributed by atoms with E-state index in [2.05, 4.69) is 36.7 Å². The summed E-state index contributed by atoms with van der Waals surface area (Å²) in [7, 11) is -0.184. The van der Waals surface area contributed by atoms with Gasteiger partial charge in [-0.05, 0) is 27.2 Å². The van der Waals surface area contributed by atoms with Crippen molar-refractivity contribution in [2.24, 2.45) is 0 Å². The van der Waals surface area contributed by atoms with Crippen LogP contribution in [0.1, 0.15) is 27.2 Å². The smallest absolute Gasteiger partial charge is 0.405 e. The fourth-order valence-corrected chi connectivity index (χ4v) is 1.82. The minimum Gasteiger partial charge on any atom is -0.405 e. The molecule has 0 aliphatic carbocycles. The Morgan fingerprint density at radius 2 is 2.31 bits per heavy atom. The maximum Gasteiger partial charge on any atom is 0.486 e. The van der Waals surface area contributed by atoms with Gasteiger partial charge in [0.05, 0.1) is 5.60 Å². The third kappa shape index (κ3) is 3.84. The first kappa shape index (κ1) is 11.3. The molecule has 0 bridgehead atoms. The van der Waals surface area contributed by atoms with Crippen LogP contribution in [0.2, 0.25) is 0 Å². The Labute approximate surface area is 89.0 Å². The number of allylic oxidation sites excluding steroid dienone is 1. The van der Waals surface area contributed by atoms with Crippen LogP contribution in [0.3, 0.4) is 0 Å². The molecule has 13 heavy (non-hydrogen) atoms. The van der Waals surface area contributed by atoms with Gasteiger partial charge in [0, 0.05) is 11.4 Å². The predicted octanol–water partition coefficient (Wildman–Crippen LogP) is 2.57. The Bertz CT molecular complexity index is 194. The second kappa shape index (κ2) is 4.62. The molecule has 1 rings (SSSR count). The van der Waals surface area contributed by atoms with Crippen LogP contribution in [0.4, 0.5) is 0 Å². The molecule has 1 unspecified atom stereocenters. The molecule has 1 saturated heterocycles. The normalized spacial score (nSPS) is 28.3. The minimum atomic E-state index is -0.184. The van der Waals surface area contributed by atoms with Gasteiger partial charge in [-0.2, -0.15) is 0 Å². The first-order valence-electron chi connectivity index (χ1n) is 4.59. The van der Waals surface area contributed by atoms with Gasteiger partial charge in [0.2, 0.25) is 0 Å². The fourth-order valence-electron chi connectivity index (χ4n) is 1.61. The molecule has 4 heteroatoms. The van der Waals surface area contributed by atoms with E-state index in [0.29, 0.717) is 0 Å². The van der Waals surface area contributed by atoms with Gasteiger partial charge in [-0.15, -0.1) is 0 Å². The molecule has 0 spiro atoms. The number of hydrogen-bond acceptors (Lipinski definition) is 2. The number of halogens is 1. The van der Waals surface area contributed by atoms with E-state index >= 15 is 0 Å². The first-order chi connectivity index (χ1) is 6.03.